The lowest BCUT2D eigenvalue weighted by atomic mass is 10.1. The Morgan fingerprint density at radius 1 is 1.15 bits per heavy atom. The van der Waals surface area contributed by atoms with Crippen molar-refractivity contribution in [1.82, 2.24) is 4.90 Å². The Balaban J connectivity index is 2.05. The van der Waals surface area contributed by atoms with Gasteiger partial charge in [-0.25, -0.2) is 4.39 Å². The summed E-state index contributed by atoms with van der Waals surface area (Å²) in [5.41, 5.74) is 8.59. The highest BCUT2D eigenvalue weighted by Crippen LogP contribution is 2.14. The van der Waals surface area contributed by atoms with Gasteiger partial charge in [0.25, 0.3) is 0 Å². The molecule has 0 radical (unpaired) electrons. The molecule has 0 aliphatic carbocycles. The monoisotopic (exact) mass is 269 g/mol. The molecule has 0 unspecified atom stereocenters. The molecule has 2 N–H and O–H groups in total. The summed E-state index contributed by atoms with van der Waals surface area (Å²) >= 11 is 0. The molecule has 0 saturated carbocycles. The highest BCUT2D eigenvalue weighted by atomic mass is 19.1. The lowest BCUT2D eigenvalue weighted by Crippen LogP contribution is -2.17. The van der Waals surface area contributed by atoms with E-state index in [4.69, 9.17) is 11.0 Å². The van der Waals surface area contributed by atoms with E-state index in [2.05, 4.69) is 6.07 Å². The summed E-state index contributed by atoms with van der Waals surface area (Å²) in [6, 6.07) is 14.1. The van der Waals surface area contributed by atoms with Gasteiger partial charge < -0.3 is 5.73 Å². The van der Waals surface area contributed by atoms with E-state index in [-0.39, 0.29) is 5.82 Å². The van der Waals surface area contributed by atoms with Gasteiger partial charge in [0.1, 0.15) is 5.82 Å². The zero-order valence-corrected chi connectivity index (χ0v) is 11.3. The van der Waals surface area contributed by atoms with Crippen molar-refractivity contribution in [1.29, 1.82) is 5.26 Å². The summed E-state index contributed by atoms with van der Waals surface area (Å²) in [7, 11) is 1.94. The minimum absolute atomic E-state index is 0.320. The molecular formula is C16H16FN3. The summed E-state index contributed by atoms with van der Waals surface area (Å²) in [6.45, 7) is 1.28. The number of halogens is 1. The first-order chi connectivity index (χ1) is 9.56. The molecule has 0 fully saturated rings. The average Bonchev–Trinajstić information content (AvgIpc) is 2.37. The average molecular weight is 269 g/mol. The van der Waals surface area contributed by atoms with Gasteiger partial charge in [0.05, 0.1) is 11.6 Å². The van der Waals surface area contributed by atoms with Crippen LogP contribution in [0.5, 0.6) is 0 Å². The van der Waals surface area contributed by atoms with E-state index in [1.54, 1.807) is 12.1 Å². The van der Waals surface area contributed by atoms with Gasteiger partial charge in [-0.15, -0.1) is 0 Å². The number of hydrogen-bond acceptors (Lipinski definition) is 3. The van der Waals surface area contributed by atoms with Crippen LogP contribution in [-0.4, -0.2) is 11.9 Å². The molecule has 0 heterocycles. The fourth-order valence-electron chi connectivity index (χ4n) is 2.19. The maximum Gasteiger partial charge on any atom is 0.125 e. The van der Waals surface area contributed by atoms with Crippen LogP contribution in [0.1, 0.15) is 16.7 Å². The molecule has 0 spiro atoms. The maximum absolute atomic E-state index is 13.3. The van der Waals surface area contributed by atoms with Crippen molar-refractivity contribution in [3.05, 3.63) is 65.0 Å². The van der Waals surface area contributed by atoms with Gasteiger partial charge in [-0.3, -0.25) is 4.90 Å². The molecule has 0 amide bonds. The number of nitrogen functional groups attached to an aromatic ring is 1. The summed E-state index contributed by atoms with van der Waals surface area (Å²) in [5, 5.41) is 8.87. The molecule has 102 valence electrons. The maximum atomic E-state index is 13.3. The van der Waals surface area contributed by atoms with Gasteiger partial charge >= 0.3 is 0 Å². The van der Waals surface area contributed by atoms with Crippen molar-refractivity contribution in [2.24, 2.45) is 0 Å². The second-order valence-corrected chi connectivity index (χ2v) is 4.88. The summed E-state index contributed by atoms with van der Waals surface area (Å²) in [4.78, 5) is 2.05. The molecule has 4 heteroatoms. The van der Waals surface area contributed by atoms with Crippen molar-refractivity contribution in [3.8, 4) is 6.07 Å². The molecule has 0 saturated heterocycles. The zero-order chi connectivity index (χ0) is 14.5. The van der Waals surface area contributed by atoms with Crippen LogP contribution >= 0.6 is 0 Å². The largest absolute Gasteiger partial charge is 0.399 e. The van der Waals surface area contributed by atoms with Gasteiger partial charge in [-0.1, -0.05) is 12.1 Å². The third-order valence-electron chi connectivity index (χ3n) is 2.94. The SMILES string of the molecule is CN(Cc1cc(N)cc(F)c1)Cc1cccc(C#N)c1. The number of hydrogen-bond donors (Lipinski definition) is 1. The Labute approximate surface area is 118 Å². The highest BCUT2D eigenvalue weighted by Gasteiger charge is 2.05. The quantitative estimate of drug-likeness (QED) is 0.868. The van der Waals surface area contributed by atoms with Crippen LogP contribution in [-0.2, 0) is 13.1 Å². The smallest absolute Gasteiger partial charge is 0.125 e. The van der Waals surface area contributed by atoms with E-state index in [9.17, 15) is 4.39 Å². The van der Waals surface area contributed by atoms with E-state index in [1.807, 2.05) is 30.1 Å². The number of benzene rings is 2. The molecule has 2 aromatic rings. The van der Waals surface area contributed by atoms with Crippen LogP contribution in [0.3, 0.4) is 0 Å². The standard InChI is InChI=1S/C16H16FN3/c1-20(10-13-4-2-3-12(5-13)9-18)11-14-6-15(17)8-16(19)7-14/h2-8H,10-11,19H2,1H3. The number of nitrogens with zero attached hydrogens (tertiary/aromatic N) is 2. The Morgan fingerprint density at radius 2 is 1.90 bits per heavy atom. The molecule has 0 aliphatic rings. The minimum Gasteiger partial charge on any atom is -0.399 e. The lowest BCUT2D eigenvalue weighted by Gasteiger charge is -2.17. The lowest BCUT2D eigenvalue weighted by molar-refractivity contribution is 0.318. The molecular weight excluding hydrogens is 253 g/mol. The molecule has 2 aromatic carbocycles. The topological polar surface area (TPSA) is 53.0 Å². The first-order valence-corrected chi connectivity index (χ1v) is 6.29. The number of rotatable bonds is 4. The van der Waals surface area contributed by atoms with Gasteiger partial charge in [0.2, 0.25) is 0 Å². The Kier molecular flexibility index (Phi) is 4.34. The van der Waals surface area contributed by atoms with E-state index in [0.717, 1.165) is 11.1 Å². The zero-order valence-electron chi connectivity index (χ0n) is 11.3. The predicted octanol–water partition coefficient (Wildman–Crippen LogP) is 2.91. The molecule has 0 aromatic heterocycles. The van der Waals surface area contributed by atoms with Crippen molar-refractivity contribution in [2.45, 2.75) is 13.1 Å². The van der Waals surface area contributed by atoms with Crippen molar-refractivity contribution in [3.63, 3.8) is 0 Å². The minimum atomic E-state index is -0.320. The van der Waals surface area contributed by atoms with Gasteiger partial charge in [-0.05, 0) is 48.5 Å². The van der Waals surface area contributed by atoms with Crippen LogP contribution in [0.4, 0.5) is 10.1 Å². The molecule has 20 heavy (non-hydrogen) atoms. The second-order valence-electron chi connectivity index (χ2n) is 4.88. The summed E-state index contributed by atoms with van der Waals surface area (Å²) < 4.78 is 13.3. The molecule has 0 bridgehead atoms. The summed E-state index contributed by atoms with van der Waals surface area (Å²) in [5.74, 6) is -0.320. The molecule has 2 rings (SSSR count). The fourth-order valence-corrected chi connectivity index (χ4v) is 2.19. The third-order valence-corrected chi connectivity index (χ3v) is 2.94. The first kappa shape index (κ1) is 14.0. The number of nitrogens with two attached hydrogens (primary N) is 1. The Morgan fingerprint density at radius 3 is 2.60 bits per heavy atom. The number of nitriles is 1. The summed E-state index contributed by atoms with van der Waals surface area (Å²) in [6.07, 6.45) is 0. The second kappa shape index (κ2) is 6.18. The molecule has 3 nitrogen and oxygen atoms in total. The van der Waals surface area contributed by atoms with E-state index < -0.39 is 0 Å². The van der Waals surface area contributed by atoms with Crippen LogP contribution < -0.4 is 5.73 Å². The van der Waals surface area contributed by atoms with E-state index >= 15 is 0 Å². The van der Waals surface area contributed by atoms with Gasteiger partial charge in [0.15, 0.2) is 0 Å². The normalized spacial score (nSPS) is 10.5. The number of anilines is 1. The van der Waals surface area contributed by atoms with Crippen molar-refractivity contribution < 1.29 is 4.39 Å². The predicted molar refractivity (Wildman–Crippen MR) is 77.1 cm³/mol. The van der Waals surface area contributed by atoms with Gasteiger partial charge in [-0.2, -0.15) is 5.26 Å². The van der Waals surface area contributed by atoms with Crippen LogP contribution in [0.15, 0.2) is 42.5 Å². The van der Waals surface area contributed by atoms with Crippen molar-refractivity contribution >= 4 is 5.69 Å². The Bertz CT molecular complexity index is 626. The third kappa shape index (κ3) is 3.81. The van der Waals surface area contributed by atoms with E-state index in [0.29, 0.717) is 24.3 Å². The van der Waals surface area contributed by atoms with Crippen LogP contribution in [0, 0.1) is 17.1 Å². The van der Waals surface area contributed by atoms with E-state index in [1.165, 1.54) is 12.1 Å². The molecule has 0 atom stereocenters. The van der Waals surface area contributed by atoms with Gasteiger partial charge in [0, 0.05) is 18.8 Å². The Hall–Kier alpha value is -2.38. The van der Waals surface area contributed by atoms with Crippen LogP contribution in [0.2, 0.25) is 0 Å². The first-order valence-electron chi connectivity index (χ1n) is 6.29. The highest BCUT2D eigenvalue weighted by molar-refractivity contribution is 5.41. The molecule has 0 aliphatic heterocycles. The van der Waals surface area contributed by atoms with Crippen molar-refractivity contribution in [2.75, 3.05) is 12.8 Å². The fraction of sp³-hybridized carbons (Fsp3) is 0.188. The van der Waals surface area contributed by atoms with Crippen LogP contribution in [0.25, 0.3) is 0 Å².